The van der Waals surface area contributed by atoms with Crippen molar-refractivity contribution in [1.82, 2.24) is 0 Å². The predicted molar refractivity (Wildman–Crippen MR) is 130 cm³/mol. The third kappa shape index (κ3) is 4.19. The van der Waals surface area contributed by atoms with Gasteiger partial charge in [0.2, 0.25) is 0 Å². The second kappa shape index (κ2) is 8.64. The SMILES string of the molecule is Cc1cc(Sc2ccc(C(C)(c3ccc(O)cc3)c3ccc(O)c(C)c3)cc2)ccc1O. The van der Waals surface area contributed by atoms with E-state index in [0.29, 0.717) is 5.75 Å². The lowest BCUT2D eigenvalue weighted by molar-refractivity contribution is 0.470. The maximum Gasteiger partial charge on any atom is 0.118 e. The molecule has 0 saturated carbocycles. The maximum atomic E-state index is 10.0. The van der Waals surface area contributed by atoms with Crippen LogP contribution in [0.2, 0.25) is 0 Å². The first-order chi connectivity index (χ1) is 15.3. The van der Waals surface area contributed by atoms with Crippen molar-refractivity contribution in [2.24, 2.45) is 0 Å². The molecule has 3 nitrogen and oxygen atoms in total. The minimum atomic E-state index is -0.468. The highest BCUT2D eigenvalue weighted by Crippen LogP contribution is 2.41. The van der Waals surface area contributed by atoms with Crippen LogP contribution < -0.4 is 0 Å². The topological polar surface area (TPSA) is 60.7 Å². The van der Waals surface area contributed by atoms with Gasteiger partial charge in [0.25, 0.3) is 0 Å². The summed E-state index contributed by atoms with van der Waals surface area (Å²) in [6.07, 6.45) is 0. The van der Waals surface area contributed by atoms with Gasteiger partial charge in [-0.05, 0) is 97.1 Å². The summed E-state index contributed by atoms with van der Waals surface area (Å²) in [5.74, 6) is 0.810. The minimum Gasteiger partial charge on any atom is -0.508 e. The van der Waals surface area contributed by atoms with Crippen molar-refractivity contribution in [3.05, 3.63) is 113 Å². The van der Waals surface area contributed by atoms with E-state index in [1.165, 1.54) is 0 Å². The van der Waals surface area contributed by atoms with Crippen molar-refractivity contribution >= 4 is 11.8 Å². The number of aryl methyl sites for hydroxylation is 2. The van der Waals surface area contributed by atoms with Gasteiger partial charge >= 0.3 is 0 Å². The predicted octanol–water partition coefficient (Wildman–Crippen LogP) is 6.93. The van der Waals surface area contributed by atoms with Gasteiger partial charge in [-0.3, -0.25) is 0 Å². The van der Waals surface area contributed by atoms with Gasteiger partial charge < -0.3 is 15.3 Å². The third-order valence-electron chi connectivity index (χ3n) is 6.05. The molecule has 0 aliphatic rings. The fourth-order valence-electron chi connectivity index (χ4n) is 3.95. The Labute approximate surface area is 193 Å². The zero-order valence-electron chi connectivity index (χ0n) is 18.3. The molecule has 0 radical (unpaired) electrons. The Morgan fingerprint density at radius 2 is 1.03 bits per heavy atom. The van der Waals surface area contributed by atoms with Crippen LogP contribution in [0.5, 0.6) is 17.2 Å². The average Bonchev–Trinajstić information content (AvgIpc) is 2.78. The summed E-state index contributed by atoms with van der Waals surface area (Å²) in [5.41, 5.74) is 4.43. The van der Waals surface area contributed by atoms with Crippen molar-refractivity contribution in [2.75, 3.05) is 0 Å². The van der Waals surface area contributed by atoms with Crippen molar-refractivity contribution in [2.45, 2.75) is 36.0 Å². The number of benzene rings is 4. The lowest BCUT2D eigenvalue weighted by Gasteiger charge is -2.32. The molecule has 3 N–H and O–H groups in total. The van der Waals surface area contributed by atoms with Gasteiger partial charge in [-0.15, -0.1) is 0 Å². The first-order valence-electron chi connectivity index (χ1n) is 10.4. The summed E-state index contributed by atoms with van der Waals surface area (Å²) in [4.78, 5) is 2.18. The Kier molecular flexibility index (Phi) is 5.90. The van der Waals surface area contributed by atoms with Crippen molar-refractivity contribution in [1.29, 1.82) is 0 Å². The molecule has 0 fully saturated rings. The molecule has 0 amide bonds. The fourth-order valence-corrected chi connectivity index (χ4v) is 4.86. The highest BCUT2D eigenvalue weighted by Gasteiger charge is 2.31. The van der Waals surface area contributed by atoms with E-state index >= 15 is 0 Å². The van der Waals surface area contributed by atoms with Gasteiger partial charge in [-0.25, -0.2) is 0 Å². The van der Waals surface area contributed by atoms with Crippen molar-refractivity contribution in [3.63, 3.8) is 0 Å². The molecule has 0 heterocycles. The molecule has 1 unspecified atom stereocenters. The lowest BCUT2D eigenvalue weighted by Crippen LogP contribution is -2.25. The average molecular weight is 443 g/mol. The van der Waals surface area contributed by atoms with Gasteiger partial charge in [-0.2, -0.15) is 0 Å². The largest absolute Gasteiger partial charge is 0.508 e. The third-order valence-corrected chi connectivity index (χ3v) is 7.05. The van der Waals surface area contributed by atoms with Crippen LogP contribution >= 0.6 is 11.8 Å². The summed E-state index contributed by atoms with van der Waals surface area (Å²) in [6.45, 7) is 5.96. The van der Waals surface area contributed by atoms with E-state index in [1.807, 2.05) is 50.2 Å². The smallest absolute Gasteiger partial charge is 0.118 e. The number of hydrogen-bond acceptors (Lipinski definition) is 4. The molecular formula is C28H26O3S. The molecule has 0 saturated heterocycles. The molecule has 4 aromatic rings. The van der Waals surface area contributed by atoms with Crippen LogP contribution in [0.3, 0.4) is 0 Å². The van der Waals surface area contributed by atoms with Crippen LogP contribution in [0.1, 0.15) is 34.7 Å². The molecular weight excluding hydrogens is 416 g/mol. The minimum absolute atomic E-state index is 0.230. The summed E-state index contributed by atoms with van der Waals surface area (Å²) < 4.78 is 0. The number of hydrogen-bond donors (Lipinski definition) is 3. The summed E-state index contributed by atoms with van der Waals surface area (Å²) in [5, 5.41) is 29.6. The second-order valence-electron chi connectivity index (χ2n) is 8.25. The van der Waals surface area contributed by atoms with Gasteiger partial charge in [0.1, 0.15) is 17.2 Å². The van der Waals surface area contributed by atoms with E-state index in [2.05, 4.69) is 31.2 Å². The van der Waals surface area contributed by atoms with Crippen molar-refractivity contribution in [3.8, 4) is 17.2 Å². The van der Waals surface area contributed by atoms with Crippen LogP contribution in [0.4, 0.5) is 0 Å². The van der Waals surface area contributed by atoms with Gasteiger partial charge in [-0.1, -0.05) is 48.2 Å². The van der Waals surface area contributed by atoms with Gasteiger partial charge in [0, 0.05) is 15.2 Å². The molecule has 32 heavy (non-hydrogen) atoms. The Morgan fingerprint density at radius 3 is 1.59 bits per heavy atom. The zero-order valence-corrected chi connectivity index (χ0v) is 19.1. The van der Waals surface area contributed by atoms with Crippen molar-refractivity contribution < 1.29 is 15.3 Å². The van der Waals surface area contributed by atoms with Crippen LogP contribution in [-0.2, 0) is 5.41 Å². The highest BCUT2D eigenvalue weighted by atomic mass is 32.2. The number of rotatable bonds is 5. The molecule has 4 aromatic carbocycles. The zero-order chi connectivity index (χ0) is 22.9. The summed E-state index contributed by atoms with van der Waals surface area (Å²) >= 11 is 1.65. The highest BCUT2D eigenvalue weighted by molar-refractivity contribution is 7.99. The Morgan fingerprint density at radius 1 is 0.562 bits per heavy atom. The normalized spacial score (nSPS) is 13.0. The monoisotopic (exact) mass is 442 g/mol. The number of aromatic hydroxyl groups is 3. The Bertz CT molecular complexity index is 1250. The Balaban J connectivity index is 1.75. The van der Waals surface area contributed by atoms with Gasteiger partial charge in [0.15, 0.2) is 0 Å². The van der Waals surface area contributed by atoms with Crippen LogP contribution in [-0.4, -0.2) is 15.3 Å². The number of phenols is 3. The Hall–Kier alpha value is -3.37. The van der Waals surface area contributed by atoms with E-state index in [4.69, 9.17) is 0 Å². The standard InChI is InChI=1S/C28H26O3S/c1-18-16-22(8-14-26(18)30)28(3,20-4-9-23(29)10-5-20)21-6-11-24(12-7-21)32-25-13-15-27(31)19(2)17-25/h4-17,29-31H,1-3H3. The van der Waals surface area contributed by atoms with E-state index < -0.39 is 5.41 Å². The van der Waals surface area contributed by atoms with Crippen LogP contribution in [0.15, 0.2) is 94.7 Å². The quantitative estimate of drug-likeness (QED) is 0.293. The van der Waals surface area contributed by atoms with Gasteiger partial charge in [0.05, 0.1) is 0 Å². The molecule has 0 aliphatic carbocycles. The lowest BCUT2D eigenvalue weighted by atomic mass is 9.71. The van der Waals surface area contributed by atoms with Crippen LogP contribution in [0, 0.1) is 13.8 Å². The number of phenolic OH excluding ortho intramolecular Hbond substituents is 3. The molecule has 1 atom stereocenters. The molecule has 0 spiro atoms. The molecule has 4 heteroatoms. The van der Waals surface area contributed by atoms with E-state index in [-0.39, 0.29) is 11.5 Å². The molecule has 0 aromatic heterocycles. The van der Waals surface area contributed by atoms with Crippen LogP contribution in [0.25, 0.3) is 0 Å². The fraction of sp³-hybridized carbons (Fsp3) is 0.143. The van der Waals surface area contributed by atoms with E-state index in [1.54, 1.807) is 36.0 Å². The summed E-state index contributed by atoms with van der Waals surface area (Å²) in [7, 11) is 0. The first kappa shape index (κ1) is 21.8. The van der Waals surface area contributed by atoms with E-state index in [0.717, 1.165) is 37.6 Å². The first-order valence-corrected chi connectivity index (χ1v) is 11.3. The van der Waals surface area contributed by atoms with E-state index in [9.17, 15) is 15.3 Å². The molecule has 0 bridgehead atoms. The molecule has 4 rings (SSSR count). The maximum absolute atomic E-state index is 10.0. The molecule has 162 valence electrons. The second-order valence-corrected chi connectivity index (χ2v) is 9.39. The summed E-state index contributed by atoms with van der Waals surface area (Å²) in [6, 6.07) is 27.1. The molecule has 0 aliphatic heterocycles.